The standard InChI is InChI=1S/C5H12O.2C3H6O/c1-3-5(6)4-2;2*1-2-3-4/h5-6H,3-4H2,1-2H3;2*2,4H,1,3H2. The van der Waals surface area contributed by atoms with Crippen molar-refractivity contribution in [1.82, 2.24) is 0 Å². The van der Waals surface area contributed by atoms with E-state index in [0.717, 1.165) is 12.8 Å². The van der Waals surface area contributed by atoms with Crippen molar-refractivity contribution >= 4 is 0 Å². The summed E-state index contributed by atoms with van der Waals surface area (Å²) in [5, 5.41) is 24.2. The van der Waals surface area contributed by atoms with Gasteiger partial charge in [0.2, 0.25) is 0 Å². The molecule has 0 spiro atoms. The Bertz CT molecular complexity index is 90.7. The van der Waals surface area contributed by atoms with Crippen molar-refractivity contribution in [2.24, 2.45) is 0 Å². The first-order valence-electron chi connectivity index (χ1n) is 4.75. The molecule has 0 atom stereocenters. The van der Waals surface area contributed by atoms with Crippen molar-refractivity contribution in [3.8, 4) is 0 Å². The molecule has 86 valence electrons. The summed E-state index contributed by atoms with van der Waals surface area (Å²) in [6.45, 7) is 10.6. The fourth-order valence-corrected chi connectivity index (χ4v) is 0.289. The molecular weight excluding hydrogens is 180 g/mol. The maximum Gasteiger partial charge on any atom is 0.0609 e. The van der Waals surface area contributed by atoms with E-state index in [1.807, 2.05) is 13.8 Å². The fraction of sp³-hybridized carbons (Fsp3) is 0.636. The summed E-state index contributed by atoms with van der Waals surface area (Å²) in [4.78, 5) is 0. The van der Waals surface area contributed by atoms with E-state index in [4.69, 9.17) is 15.3 Å². The summed E-state index contributed by atoms with van der Waals surface area (Å²) in [7, 11) is 0. The minimum atomic E-state index is -0.0648. The summed E-state index contributed by atoms with van der Waals surface area (Å²) >= 11 is 0. The van der Waals surface area contributed by atoms with E-state index in [9.17, 15) is 0 Å². The quantitative estimate of drug-likeness (QED) is 0.608. The molecule has 0 aliphatic carbocycles. The molecular formula is C11H24O3. The predicted molar refractivity (Wildman–Crippen MR) is 61.2 cm³/mol. The van der Waals surface area contributed by atoms with Crippen LogP contribution in [0.3, 0.4) is 0 Å². The molecule has 0 aliphatic heterocycles. The highest BCUT2D eigenvalue weighted by Crippen LogP contribution is 1.91. The number of aliphatic hydroxyl groups excluding tert-OH is 3. The Balaban J connectivity index is -0.000000135. The van der Waals surface area contributed by atoms with Crippen molar-refractivity contribution in [3.05, 3.63) is 25.3 Å². The van der Waals surface area contributed by atoms with Gasteiger partial charge in [0.25, 0.3) is 0 Å². The van der Waals surface area contributed by atoms with Crippen LogP contribution in [-0.4, -0.2) is 34.6 Å². The Morgan fingerprint density at radius 3 is 1.21 bits per heavy atom. The summed E-state index contributed by atoms with van der Waals surface area (Å²) in [6, 6.07) is 0. The SMILES string of the molecule is C=CCO.C=CCO.CCC(O)CC. The molecule has 0 saturated carbocycles. The lowest BCUT2D eigenvalue weighted by Gasteiger charge is -1.98. The molecule has 0 saturated heterocycles. The van der Waals surface area contributed by atoms with E-state index >= 15 is 0 Å². The van der Waals surface area contributed by atoms with Crippen molar-refractivity contribution in [2.75, 3.05) is 13.2 Å². The van der Waals surface area contributed by atoms with Gasteiger partial charge in [-0.1, -0.05) is 26.0 Å². The fourth-order valence-electron chi connectivity index (χ4n) is 0.289. The van der Waals surface area contributed by atoms with Crippen molar-refractivity contribution in [3.63, 3.8) is 0 Å². The third-order valence-corrected chi connectivity index (χ3v) is 1.20. The van der Waals surface area contributed by atoms with Gasteiger partial charge in [-0.3, -0.25) is 0 Å². The largest absolute Gasteiger partial charge is 0.393 e. The van der Waals surface area contributed by atoms with Crippen LogP contribution in [0.15, 0.2) is 25.3 Å². The zero-order valence-electron chi connectivity index (χ0n) is 9.32. The lowest BCUT2D eigenvalue weighted by atomic mass is 10.2. The average molecular weight is 204 g/mol. The first kappa shape index (κ1) is 19.0. The van der Waals surface area contributed by atoms with Crippen molar-refractivity contribution < 1.29 is 15.3 Å². The predicted octanol–water partition coefficient (Wildman–Crippen LogP) is 1.50. The smallest absolute Gasteiger partial charge is 0.0609 e. The van der Waals surface area contributed by atoms with Crippen LogP contribution >= 0.6 is 0 Å². The second kappa shape index (κ2) is 22.8. The number of hydrogen-bond acceptors (Lipinski definition) is 3. The van der Waals surface area contributed by atoms with Crippen LogP contribution in [0, 0.1) is 0 Å². The first-order valence-corrected chi connectivity index (χ1v) is 4.75. The first-order chi connectivity index (χ1) is 6.64. The van der Waals surface area contributed by atoms with Gasteiger partial charge in [0.1, 0.15) is 0 Å². The molecule has 0 radical (unpaired) electrons. The Kier molecular flexibility index (Phi) is 31.0. The van der Waals surface area contributed by atoms with Gasteiger partial charge in [0.05, 0.1) is 19.3 Å². The maximum atomic E-state index is 8.67. The van der Waals surface area contributed by atoms with Crippen LogP contribution in [0.4, 0.5) is 0 Å². The lowest BCUT2D eigenvalue weighted by molar-refractivity contribution is 0.166. The van der Waals surface area contributed by atoms with Gasteiger partial charge < -0.3 is 15.3 Å². The summed E-state index contributed by atoms with van der Waals surface area (Å²) in [6.07, 6.45) is 4.57. The number of rotatable bonds is 4. The zero-order valence-corrected chi connectivity index (χ0v) is 9.32. The Hall–Kier alpha value is -0.640. The summed E-state index contributed by atoms with van der Waals surface area (Å²) in [5.74, 6) is 0. The van der Waals surface area contributed by atoms with Gasteiger partial charge >= 0.3 is 0 Å². The minimum Gasteiger partial charge on any atom is -0.393 e. The molecule has 0 rings (SSSR count). The van der Waals surface area contributed by atoms with E-state index in [0.29, 0.717) is 0 Å². The molecule has 0 heterocycles. The average Bonchev–Trinajstić information content (AvgIpc) is 2.28. The van der Waals surface area contributed by atoms with Crippen molar-refractivity contribution in [2.45, 2.75) is 32.8 Å². The molecule has 0 aromatic carbocycles. The van der Waals surface area contributed by atoms with Gasteiger partial charge in [-0.25, -0.2) is 0 Å². The van der Waals surface area contributed by atoms with Gasteiger partial charge in [-0.15, -0.1) is 13.2 Å². The second-order valence-electron chi connectivity index (χ2n) is 2.41. The van der Waals surface area contributed by atoms with Crippen LogP contribution in [0.1, 0.15) is 26.7 Å². The normalized spacial score (nSPS) is 7.86. The number of aliphatic hydroxyl groups is 3. The van der Waals surface area contributed by atoms with E-state index in [1.54, 1.807) is 0 Å². The lowest BCUT2D eigenvalue weighted by Crippen LogP contribution is -1.99. The maximum absolute atomic E-state index is 8.67. The molecule has 0 aromatic rings. The Morgan fingerprint density at radius 2 is 1.21 bits per heavy atom. The van der Waals surface area contributed by atoms with E-state index in [2.05, 4.69) is 13.2 Å². The molecule has 14 heavy (non-hydrogen) atoms. The molecule has 0 amide bonds. The molecule has 3 heteroatoms. The van der Waals surface area contributed by atoms with Crippen LogP contribution in [0.2, 0.25) is 0 Å². The second-order valence-corrected chi connectivity index (χ2v) is 2.41. The van der Waals surface area contributed by atoms with Crippen LogP contribution < -0.4 is 0 Å². The Labute approximate surface area is 87.4 Å². The topological polar surface area (TPSA) is 60.7 Å². The van der Waals surface area contributed by atoms with Gasteiger partial charge in [-0.2, -0.15) is 0 Å². The molecule has 3 N–H and O–H groups in total. The zero-order chi connectivity index (χ0) is 11.8. The molecule has 0 bridgehead atoms. The molecule has 0 unspecified atom stereocenters. The van der Waals surface area contributed by atoms with Gasteiger partial charge in [0.15, 0.2) is 0 Å². The monoisotopic (exact) mass is 204 g/mol. The Morgan fingerprint density at radius 1 is 1.00 bits per heavy atom. The molecule has 0 aromatic heterocycles. The molecule has 0 aliphatic rings. The molecule has 0 fully saturated rings. The van der Waals surface area contributed by atoms with Gasteiger partial charge in [0, 0.05) is 0 Å². The molecule has 3 nitrogen and oxygen atoms in total. The highest BCUT2D eigenvalue weighted by Gasteiger charge is 1.90. The number of hydrogen-bond donors (Lipinski definition) is 3. The van der Waals surface area contributed by atoms with E-state index in [1.165, 1.54) is 12.2 Å². The van der Waals surface area contributed by atoms with Gasteiger partial charge in [-0.05, 0) is 12.8 Å². The van der Waals surface area contributed by atoms with Crippen LogP contribution in [0.5, 0.6) is 0 Å². The van der Waals surface area contributed by atoms with Crippen LogP contribution in [0.25, 0.3) is 0 Å². The summed E-state index contributed by atoms with van der Waals surface area (Å²) in [5.41, 5.74) is 0. The highest BCUT2D eigenvalue weighted by atomic mass is 16.3. The van der Waals surface area contributed by atoms with E-state index < -0.39 is 0 Å². The third kappa shape index (κ3) is 42.4. The summed E-state index contributed by atoms with van der Waals surface area (Å²) < 4.78 is 0. The van der Waals surface area contributed by atoms with Crippen molar-refractivity contribution in [1.29, 1.82) is 0 Å². The third-order valence-electron chi connectivity index (χ3n) is 1.20. The minimum absolute atomic E-state index is 0.0648. The van der Waals surface area contributed by atoms with E-state index in [-0.39, 0.29) is 19.3 Å². The van der Waals surface area contributed by atoms with Crippen LogP contribution in [-0.2, 0) is 0 Å². The highest BCUT2D eigenvalue weighted by molar-refractivity contribution is 4.61.